The minimum Gasteiger partial charge on any atom is -0.352 e. The van der Waals surface area contributed by atoms with Crippen molar-refractivity contribution in [3.05, 3.63) is 12.2 Å². The molecular weight excluding hydrogens is 90.1 g/mol. The molecule has 7 heavy (non-hydrogen) atoms. The molecule has 0 saturated heterocycles. The fourth-order valence-electron chi connectivity index (χ4n) is 0.528. The van der Waals surface area contributed by atoms with Crippen LogP contribution in [0.4, 0.5) is 0 Å². The SMILES string of the molecule is O=C1C=CCCN1. The summed E-state index contributed by atoms with van der Waals surface area (Å²) in [7, 11) is 0. The molecule has 2 heteroatoms. The standard InChI is InChI=1S/C5H7NO/c7-5-3-1-2-4-6-5/h1,3H,2,4H2,(H,6,7). The Morgan fingerprint density at radius 3 is 2.86 bits per heavy atom. The van der Waals surface area contributed by atoms with Gasteiger partial charge in [0.15, 0.2) is 0 Å². The largest absolute Gasteiger partial charge is 0.352 e. The van der Waals surface area contributed by atoms with Gasteiger partial charge >= 0.3 is 0 Å². The van der Waals surface area contributed by atoms with Crippen LogP contribution in [-0.4, -0.2) is 12.5 Å². The van der Waals surface area contributed by atoms with E-state index in [1.807, 2.05) is 6.08 Å². The van der Waals surface area contributed by atoms with Crippen molar-refractivity contribution in [1.29, 1.82) is 0 Å². The van der Waals surface area contributed by atoms with Crippen molar-refractivity contribution < 1.29 is 4.79 Å². The highest BCUT2D eigenvalue weighted by Gasteiger charge is 1.95. The first-order valence-electron chi connectivity index (χ1n) is 2.34. The molecule has 1 aliphatic heterocycles. The maximum absolute atomic E-state index is 10.3. The van der Waals surface area contributed by atoms with Crippen LogP contribution in [0.3, 0.4) is 0 Å². The zero-order valence-corrected chi connectivity index (χ0v) is 3.98. The number of rotatable bonds is 0. The summed E-state index contributed by atoms with van der Waals surface area (Å²) in [5.74, 6) is 0.0336. The van der Waals surface area contributed by atoms with E-state index in [0.717, 1.165) is 13.0 Å². The van der Waals surface area contributed by atoms with Crippen LogP contribution in [-0.2, 0) is 4.79 Å². The van der Waals surface area contributed by atoms with Gasteiger partial charge in [-0.1, -0.05) is 6.08 Å². The van der Waals surface area contributed by atoms with Crippen LogP contribution in [0.25, 0.3) is 0 Å². The summed E-state index contributed by atoms with van der Waals surface area (Å²) in [6, 6.07) is 0. The van der Waals surface area contributed by atoms with Crippen LogP contribution in [0.15, 0.2) is 12.2 Å². The van der Waals surface area contributed by atoms with Crippen LogP contribution in [0.2, 0.25) is 0 Å². The highest BCUT2D eigenvalue weighted by Crippen LogP contribution is 1.86. The summed E-state index contributed by atoms with van der Waals surface area (Å²) in [6.07, 6.45) is 4.41. The van der Waals surface area contributed by atoms with Crippen molar-refractivity contribution in [3.8, 4) is 0 Å². The minimum atomic E-state index is 0.0336. The van der Waals surface area contributed by atoms with Crippen LogP contribution in [0.5, 0.6) is 0 Å². The van der Waals surface area contributed by atoms with Crippen molar-refractivity contribution in [2.75, 3.05) is 6.54 Å². The van der Waals surface area contributed by atoms with Crippen molar-refractivity contribution in [2.24, 2.45) is 0 Å². The Morgan fingerprint density at radius 1 is 1.71 bits per heavy atom. The van der Waals surface area contributed by atoms with Crippen molar-refractivity contribution in [2.45, 2.75) is 6.42 Å². The van der Waals surface area contributed by atoms with Crippen LogP contribution >= 0.6 is 0 Å². The topological polar surface area (TPSA) is 29.1 Å². The lowest BCUT2D eigenvalue weighted by molar-refractivity contribution is -0.116. The van der Waals surface area contributed by atoms with Gasteiger partial charge in [0.2, 0.25) is 5.91 Å². The molecule has 0 spiro atoms. The number of nitrogens with one attached hydrogen (secondary N) is 1. The van der Waals surface area contributed by atoms with Gasteiger partial charge in [-0.25, -0.2) is 0 Å². The zero-order chi connectivity index (χ0) is 5.11. The lowest BCUT2D eigenvalue weighted by Gasteiger charge is -2.01. The van der Waals surface area contributed by atoms with Gasteiger partial charge in [-0.2, -0.15) is 0 Å². The van der Waals surface area contributed by atoms with E-state index in [1.165, 1.54) is 0 Å². The van der Waals surface area contributed by atoms with Crippen LogP contribution < -0.4 is 5.32 Å². The van der Waals surface area contributed by atoms with Gasteiger partial charge in [-0.3, -0.25) is 4.79 Å². The molecule has 0 fully saturated rings. The fraction of sp³-hybridized carbons (Fsp3) is 0.400. The molecule has 0 radical (unpaired) electrons. The molecular formula is C5H7NO. The molecule has 1 heterocycles. The smallest absolute Gasteiger partial charge is 0.243 e. The Morgan fingerprint density at radius 2 is 2.57 bits per heavy atom. The highest BCUT2D eigenvalue weighted by atomic mass is 16.1. The molecule has 1 aliphatic rings. The zero-order valence-electron chi connectivity index (χ0n) is 3.98. The van der Waals surface area contributed by atoms with E-state index >= 15 is 0 Å². The molecule has 0 aromatic heterocycles. The molecule has 0 unspecified atom stereocenters. The molecule has 0 aromatic rings. The monoisotopic (exact) mass is 97.1 g/mol. The molecule has 1 N–H and O–H groups in total. The Kier molecular flexibility index (Phi) is 1.11. The fourth-order valence-corrected chi connectivity index (χ4v) is 0.528. The molecule has 0 aliphatic carbocycles. The van der Waals surface area contributed by atoms with Gasteiger partial charge in [0, 0.05) is 6.54 Å². The number of carbonyl (C=O) groups is 1. The van der Waals surface area contributed by atoms with E-state index in [0.29, 0.717) is 0 Å². The molecule has 1 rings (SSSR count). The van der Waals surface area contributed by atoms with E-state index in [-0.39, 0.29) is 5.91 Å². The first-order chi connectivity index (χ1) is 3.39. The average molecular weight is 97.1 g/mol. The van der Waals surface area contributed by atoms with Gasteiger partial charge in [0.1, 0.15) is 0 Å². The summed E-state index contributed by atoms with van der Waals surface area (Å²) in [4.78, 5) is 10.3. The van der Waals surface area contributed by atoms with Crippen LogP contribution in [0.1, 0.15) is 6.42 Å². The summed E-state index contributed by atoms with van der Waals surface area (Å²) in [5, 5.41) is 2.66. The highest BCUT2D eigenvalue weighted by molar-refractivity contribution is 5.88. The van der Waals surface area contributed by atoms with E-state index in [4.69, 9.17) is 0 Å². The summed E-state index contributed by atoms with van der Waals surface area (Å²) in [6.45, 7) is 0.801. The Labute approximate surface area is 42.2 Å². The third-order valence-electron chi connectivity index (χ3n) is 0.879. The van der Waals surface area contributed by atoms with Crippen molar-refractivity contribution in [3.63, 3.8) is 0 Å². The Balaban J connectivity index is 2.51. The van der Waals surface area contributed by atoms with E-state index in [9.17, 15) is 4.79 Å². The molecule has 1 amide bonds. The molecule has 0 aromatic carbocycles. The quantitative estimate of drug-likeness (QED) is 0.455. The normalized spacial score (nSPS) is 19.1. The van der Waals surface area contributed by atoms with Crippen molar-refractivity contribution >= 4 is 5.91 Å². The van der Waals surface area contributed by atoms with E-state index in [2.05, 4.69) is 5.32 Å². The second-order valence-electron chi connectivity index (χ2n) is 1.48. The number of hydrogen-bond donors (Lipinski definition) is 1. The van der Waals surface area contributed by atoms with Crippen molar-refractivity contribution in [1.82, 2.24) is 5.32 Å². The first kappa shape index (κ1) is 4.37. The van der Waals surface area contributed by atoms with Gasteiger partial charge in [0.25, 0.3) is 0 Å². The Hall–Kier alpha value is -0.790. The van der Waals surface area contributed by atoms with Gasteiger partial charge in [-0.05, 0) is 12.5 Å². The summed E-state index contributed by atoms with van der Waals surface area (Å²) in [5.41, 5.74) is 0. The second-order valence-corrected chi connectivity index (χ2v) is 1.48. The number of amides is 1. The van der Waals surface area contributed by atoms with Gasteiger partial charge in [0.05, 0.1) is 0 Å². The first-order valence-corrected chi connectivity index (χ1v) is 2.34. The van der Waals surface area contributed by atoms with Crippen LogP contribution in [0, 0.1) is 0 Å². The maximum atomic E-state index is 10.3. The predicted molar refractivity (Wildman–Crippen MR) is 26.8 cm³/mol. The summed E-state index contributed by atoms with van der Waals surface area (Å²) >= 11 is 0. The third kappa shape index (κ3) is 1.03. The summed E-state index contributed by atoms with van der Waals surface area (Å²) < 4.78 is 0. The molecule has 0 saturated carbocycles. The molecule has 2 nitrogen and oxygen atoms in total. The van der Waals surface area contributed by atoms with E-state index < -0.39 is 0 Å². The molecule has 0 bridgehead atoms. The van der Waals surface area contributed by atoms with Gasteiger partial charge < -0.3 is 5.32 Å². The third-order valence-corrected chi connectivity index (χ3v) is 0.879. The number of carbonyl (C=O) groups excluding carboxylic acids is 1. The molecule has 38 valence electrons. The minimum absolute atomic E-state index is 0.0336. The molecule has 0 atom stereocenters. The van der Waals surface area contributed by atoms with Gasteiger partial charge in [-0.15, -0.1) is 0 Å². The maximum Gasteiger partial charge on any atom is 0.243 e. The second kappa shape index (κ2) is 1.78. The van der Waals surface area contributed by atoms with E-state index in [1.54, 1.807) is 6.08 Å². The number of hydrogen-bond acceptors (Lipinski definition) is 1. The lowest BCUT2D eigenvalue weighted by Crippen LogP contribution is -2.24. The average Bonchev–Trinajstić information content (AvgIpc) is 1.69. The Bertz CT molecular complexity index is 107. The lowest BCUT2D eigenvalue weighted by atomic mass is 10.3. The predicted octanol–water partition coefficient (Wildman–Crippen LogP) is 0.0625.